The van der Waals surface area contributed by atoms with Gasteiger partial charge in [0.15, 0.2) is 11.4 Å². The topological polar surface area (TPSA) is 57.6 Å². The molecule has 0 aliphatic carbocycles. The fourth-order valence-corrected chi connectivity index (χ4v) is 3.67. The van der Waals surface area contributed by atoms with Gasteiger partial charge >= 0.3 is 0 Å². The van der Waals surface area contributed by atoms with Crippen LogP contribution in [0.15, 0.2) is 78.9 Å². The second-order valence-electron chi connectivity index (χ2n) is 7.22. The van der Waals surface area contributed by atoms with Crippen molar-refractivity contribution in [3.8, 4) is 0 Å². The summed E-state index contributed by atoms with van der Waals surface area (Å²) in [5.41, 5.74) is 1.87. The lowest BCUT2D eigenvalue weighted by Gasteiger charge is -2.23. The largest absolute Gasteiger partial charge is 0.375 e. The Morgan fingerprint density at radius 1 is 0.929 bits per heavy atom. The number of hydrogen-bond donors (Lipinski definition) is 1. The van der Waals surface area contributed by atoms with Crippen molar-refractivity contribution in [2.24, 2.45) is 0 Å². The maximum Gasteiger partial charge on any atom is 0.264 e. The molecule has 4 rings (SSSR count). The third-order valence-corrected chi connectivity index (χ3v) is 5.21. The van der Waals surface area contributed by atoms with E-state index in [4.69, 9.17) is 0 Å². The summed E-state index contributed by atoms with van der Waals surface area (Å²) in [5.74, 6) is -0.720. The Labute approximate surface area is 164 Å². The summed E-state index contributed by atoms with van der Waals surface area (Å²) >= 11 is 0. The SMILES string of the molecule is Cc1ccc(CN2C(=O)[C@@](O)(CC(=O)c3ccccc3)c3ccccc32)cc1. The monoisotopic (exact) mass is 371 g/mol. The van der Waals surface area contributed by atoms with Gasteiger partial charge in [0.1, 0.15) is 0 Å². The number of aryl methyl sites for hydroxylation is 1. The zero-order valence-electron chi connectivity index (χ0n) is 15.6. The third kappa shape index (κ3) is 3.12. The molecule has 140 valence electrons. The number of hydrogen-bond acceptors (Lipinski definition) is 3. The number of ketones is 1. The number of nitrogens with zero attached hydrogens (tertiary/aromatic N) is 1. The standard InChI is InChI=1S/C24H21NO3/c1-17-11-13-18(14-12-17)16-25-21-10-6-5-9-20(21)24(28,23(25)27)15-22(26)19-7-3-2-4-8-19/h2-14,28H,15-16H2,1H3/t24-/m1/s1. The minimum Gasteiger partial charge on any atom is -0.375 e. The van der Waals surface area contributed by atoms with Gasteiger partial charge in [-0.2, -0.15) is 0 Å². The maximum atomic E-state index is 13.2. The van der Waals surface area contributed by atoms with Crippen LogP contribution in [-0.2, 0) is 16.9 Å². The number of fused-ring (bicyclic) bond motifs is 1. The van der Waals surface area contributed by atoms with Gasteiger partial charge in [0.25, 0.3) is 5.91 Å². The Kier molecular flexibility index (Phi) is 4.57. The van der Waals surface area contributed by atoms with E-state index in [0.29, 0.717) is 23.4 Å². The van der Waals surface area contributed by atoms with Crippen molar-refractivity contribution in [1.82, 2.24) is 0 Å². The lowest BCUT2D eigenvalue weighted by Crippen LogP contribution is -2.41. The molecule has 1 N–H and O–H groups in total. The number of aliphatic hydroxyl groups is 1. The van der Waals surface area contributed by atoms with E-state index in [1.165, 1.54) is 0 Å². The molecule has 4 nitrogen and oxygen atoms in total. The van der Waals surface area contributed by atoms with E-state index >= 15 is 0 Å². The van der Waals surface area contributed by atoms with Gasteiger partial charge < -0.3 is 10.0 Å². The molecule has 1 aliphatic rings. The Bertz CT molecular complexity index is 1030. The van der Waals surface area contributed by atoms with Gasteiger partial charge in [0.2, 0.25) is 0 Å². The Morgan fingerprint density at radius 3 is 2.29 bits per heavy atom. The molecule has 0 fully saturated rings. The summed E-state index contributed by atoms with van der Waals surface area (Å²) in [6.45, 7) is 2.35. The predicted octanol–water partition coefficient (Wildman–Crippen LogP) is 4.00. The molecule has 4 heteroatoms. The Morgan fingerprint density at radius 2 is 1.57 bits per heavy atom. The van der Waals surface area contributed by atoms with Crippen LogP contribution in [0, 0.1) is 6.92 Å². The molecule has 28 heavy (non-hydrogen) atoms. The number of carbonyl (C=O) groups excluding carboxylic acids is 2. The van der Waals surface area contributed by atoms with Crippen LogP contribution >= 0.6 is 0 Å². The highest BCUT2D eigenvalue weighted by atomic mass is 16.3. The minimum atomic E-state index is -1.85. The lowest BCUT2D eigenvalue weighted by atomic mass is 9.88. The van der Waals surface area contributed by atoms with Gasteiger partial charge in [0, 0.05) is 11.1 Å². The van der Waals surface area contributed by atoms with Crippen LogP contribution in [0.3, 0.4) is 0 Å². The first kappa shape index (κ1) is 18.1. The fourth-order valence-electron chi connectivity index (χ4n) is 3.67. The number of para-hydroxylation sites is 1. The van der Waals surface area contributed by atoms with Crippen molar-refractivity contribution >= 4 is 17.4 Å². The molecule has 3 aromatic carbocycles. The van der Waals surface area contributed by atoms with Crippen LogP contribution < -0.4 is 4.90 Å². The third-order valence-electron chi connectivity index (χ3n) is 5.21. The second-order valence-corrected chi connectivity index (χ2v) is 7.22. The van der Waals surface area contributed by atoms with E-state index in [9.17, 15) is 14.7 Å². The van der Waals surface area contributed by atoms with Gasteiger partial charge in [-0.1, -0.05) is 78.4 Å². The summed E-state index contributed by atoms with van der Waals surface area (Å²) in [7, 11) is 0. The van der Waals surface area contributed by atoms with Crippen molar-refractivity contribution < 1.29 is 14.7 Å². The highest BCUT2D eigenvalue weighted by molar-refractivity contribution is 6.10. The van der Waals surface area contributed by atoms with Gasteiger partial charge in [-0.05, 0) is 18.6 Å². The van der Waals surface area contributed by atoms with Crippen molar-refractivity contribution in [2.75, 3.05) is 4.90 Å². The molecule has 1 atom stereocenters. The van der Waals surface area contributed by atoms with Crippen LogP contribution in [0.4, 0.5) is 5.69 Å². The van der Waals surface area contributed by atoms with Crippen LogP contribution in [0.25, 0.3) is 0 Å². The predicted molar refractivity (Wildman–Crippen MR) is 108 cm³/mol. The van der Waals surface area contributed by atoms with Gasteiger partial charge in [-0.15, -0.1) is 0 Å². The molecule has 0 saturated heterocycles. The van der Waals surface area contributed by atoms with E-state index in [0.717, 1.165) is 11.1 Å². The first-order valence-electron chi connectivity index (χ1n) is 9.27. The smallest absolute Gasteiger partial charge is 0.264 e. The number of benzene rings is 3. The second kappa shape index (κ2) is 7.06. The molecular formula is C24H21NO3. The Balaban J connectivity index is 1.68. The molecule has 1 heterocycles. The zero-order valence-corrected chi connectivity index (χ0v) is 15.6. The highest BCUT2D eigenvalue weighted by Crippen LogP contribution is 2.43. The normalized spacial score (nSPS) is 18.2. The van der Waals surface area contributed by atoms with E-state index in [1.54, 1.807) is 41.3 Å². The quantitative estimate of drug-likeness (QED) is 0.690. The van der Waals surface area contributed by atoms with Crippen LogP contribution in [0.2, 0.25) is 0 Å². The molecule has 0 radical (unpaired) electrons. The van der Waals surface area contributed by atoms with Gasteiger partial charge in [-0.25, -0.2) is 0 Å². The zero-order chi connectivity index (χ0) is 19.7. The highest BCUT2D eigenvalue weighted by Gasteiger charge is 2.50. The molecule has 1 aliphatic heterocycles. The summed E-state index contributed by atoms with van der Waals surface area (Å²) in [6.07, 6.45) is -0.280. The van der Waals surface area contributed by atoms with Crippen LogP contribution in [-0.4, -0.2) is 16.8 Å². The van der Waals surface area contributed by atoms with Crippen LogP contribution in [0.5, 0.6) is 0 Å². The average molecular weight is 371 g/mol. The van der Waals surface area contributed by atoms with Crippen molar-refractivity contribution in [1.29, 1.82) is 0 Å². The number of anilines is 1. The lowest BCUT2D eigenvalue weighted by molar-refractivity contribution is -0.136. The van der Waals surface area contributed by atoms with E-state index in [2.05, 4.69) is 0 Å². The molecule has 0 unspecified atom stereocenters. The fraction of sp³-hybridized carbons (Fsp3) is 0.167. The molecule has 0 aromatic heterocycles. The number of rotatable bonds is 5. The molecular weight excluding hydrogens is 350 g/mol. The molecule has 0 spiro atoms. The van der Waals surface area contributed by atoms with Gasteiger partial charge in [-0.3, -0.25) is 9.59 Å². The molecule has 0 bridgehead atoms. The maximum absolute atomic E-state index is 13.2. The first-order valence-corrected chi connectivity index (χ1v) is 9.27. The number of carbonyl (C=O) groups is 2. The van der Waals surface area contributed by atoms with Gasteiger partial charge in [0.05, 0.1) is 18.7 Å². The molecule has 1 amide bonds. The van der Waals surface area contributed by atoms with Crippen molar-refractivity contribution in [3.63, 3.8) is 0 Å². The number of amides is 1. The van der Waals surface area contributed by atoms with E-state index in [-0.39, 0.29) is 12.2 Å². The van der Waals surface area contributed by atoms with Crippen molar-refractivity contribution in [3.05, 3.63) is 101 Å². The summed E-state index contributed by atoms with van der Waals surface area (Å²) < 4.78 is 0. The number of Topliss-reactive ketones (excluding diaryl/α,β-unsaturated/α-hetero) is 1. The summed E-state index contributed by atoms with van der Waals surface area (Å²) in [5, 5.41) is 11.3. The van der Waals surface area contributed by atoms with Crippen LogP contribution in [0.1, 0.15) is 33.5 Å². The van der Waals surface area contributed by atoms with E-state index in [1.807, 2.05) is 49.4 Å². The molecule has 3 aromatic rings. The van der Waals surface area contributed by atoms with E-state index < -0.39 is 11.5 Å². The first-order chi connectivity index (χ1) is 13.5. The minimum absolute atomic E-state index is 0.261. The average Bonchev–Trinajstić information content (AvgIpc) is 2.92. The Hall–Kier alpha value is -3.24. The van der Waals surface area contributed by atoms with Crippen molar-refractivity contribution in [2.45, 2.75) is 25.5 Å². The molecule has 0 saturated carbocycles. The summed E-state index contributed by atoms with van der Waals surface area (Å²) in [6, 6.07) is 23.8. The summed E-state index contributed by atoms with van der Waals surface area (Å²) in [4.78, 5) is 27.5.